The van der Waals surface area contributed by atoms with Crippen LogP contribution in [0.1, 0.15) is 22.3 Å². The average Bonchev–Trinajstić information content (AvgIpc) is 3.41. The molecule has 0 saturated carbocycles. The fraction of sp³-hybridized carbons (Fsp3) is 0.0976. The first-order valence-corrected chi connectivity index (χ1v) is 16.0. The third kappa shape index (κ3) is 5.85. The maximum Gasteiger partial charge on any atom is 0.237 e. The van der Waals surface area contributed by atoms with Crippen LogP contribution in [-0.4, -0.2) is 29.5 Å². The van der Waals surface area contributed by atoms with Crippen LogP contribution in [0.5, 0.6) is 23.0 Å². The van der Waals surface area contributed by atoms with Crippen molar-refractivity contribution in [1.82, 2.24) is 29.5 Å². The van der Waals surface area contributed by atoms with E-state index in [1.54, 1.807) is 0 Å². The number of aryl methyl sites for hydroxylation is 4. The van der Waals surface area contributed by atoms with Crippen LogP contribution in [0.15, 0.2) is 122 Å². The van der Waals surface area contributed by atoms with Crippen molar-refractivity contribution in [3.63, 3.8) is 0 Å². The number of hydrogen-bond acceptors (Lipinski definition) is 7. The lowest BCUT2D eigenvalue weighted by atomic mass is 10.1. The highest BCUT2D eigenvalue weighted by atomic mass is 16.5. The van der Waals surface area contributed by atoms with Crippen LogP contribution in [-0.2, 0) is 0 Å². The van der Waals surface area contributed by atoms with Gasteiger partial charge in [0.2, 0.25) is 5.95 Å². The zero-order chi connectivity index (χ0) is 33.5. The molecule has 8 rings (SSSR count). The minimum Gasteiger partial charge on any atom is -0.457 e. The lowest BCUT2D eigenvalue weighted by Gasteiger charge is -2.11. The Bertz CT molecular complexity index is 2350. The van der Waals surface area contributed by atoms with E-state index < -0.39 is 0 Å². The van der Waals surface area contributed by atoms with E-state index in [1.165, 1.54) is 12.7 Å². The van der Waals surface area contributed by atoms with Crippen LogP contribution >= 0.6 is 0 Å². The van der Waals surface area contributed by atoms with Crippen molar-refractivity contribution in [3.05, 3.63) is 144 Å². The molecule has 0 bridgehead atoms. The maximum atomic E-state index is 6.44. The Morgan fingerprint density at radius 3 is 1.43 bits per heavy atom. The summed E-state index contributed by atoms with van der Waals surface area (Å²) in [6, 6.07) is 32.4. The van der Waals surface area contributed by atoms with Gasteiger partial charge in [-0.1, -0.05) is 36.4 Å². The molecule has 238 valence electrons. The van der Waals surface area contributed by atoms with E-state index in [9.17, 15) is 0 Å². The number of fused-ring (bicyclic) bond motifs is 3. The molecule has 0 aliphatic carbocycles. The Hall–Kier alpha value is -6.41. The van der Waals surface area contributed by atoms with Gasteiger partial charge in [-0.3, -0.25) is 14.5 Å². The second kappa shape index (κ2) is 12.3. The molecular formula is C41H32N6O2. The normalized spacial score (nSPS) is 11.3. The number of ether oxygens (including phenoxy) is 2. The van der Waals surface area contributed by atoms with Gasteiger partial charge in [0, 0.05) is 46.4 Å². The molecule has 0 radical (unpaired) electrons. The molecule has 0 fully saturated rings. The van der Waals surface area contributed by atoms with Crippen LogP contribution in [0.4, 0.5) is 0 Å². The van der Waals surface area contributed by atoms with Gasteiger partial charge in [0.05, 0.1) is 22.4 Å². The summed E-state index contributed by atoms with van der Waals surface area (Å²) in [6.45, 7) is 8.25. The molecule has 0 atom stereocenters. The van der Waals surface area contributed by atoms with Gasteiger partial charge in [-0.2, -0.15) is 0 Å². The Balaban J connectivity index is 1.17. The lowest BCUT2D eigenvalue weighted by Crippen LogP contribution is -2.01. The first-order chi connectivity index (χ1) is 23.9. The summed E-state index contributed by atoms with van der Waals surface area (Å²) in [5.74, 6) is 3.30. The fourth-order valence-corrected chi connectivity index (χ4v) is 6.39. The standard InChI is InChI=1S/C41H32N6O2/c1-25-15-27(3)39(43-21-25)29-7-5-9-31(17-29)48-33-11-13-35-36-14-12-34(20-38(36)47(37(35)19-33)41-45-23-42-24-46-41)49-32-10-6-8-30(18-32)40-28(4)16-26(2)22-44-40/h5-24H,1-4H3. The van der Waals surface area contributed by atoms with Gasteiger partial charge in [-0.05, 0) is 98.5 Å². The van der Waals surface area contributed by atoms with Crippen LogP contribution in [0.2, 0.25) is 0 Å². The summed E-state index contributed by atoms with van der Waals surface area (Å²) in [5.41, 5.74) is 10.2. The van der Waals surface area contributed by atoms with Crippen molar-refractivity contribution in [2.24, 2.45) is 0 Å². The van der Waals surface area contributed by atoms with Crippen LogP contribution in [0.3, 0.4) is 0 Å². The lowest BCUT2D eigenvalue weighted by molar-refractivity contribution is 0.483. The van der Waals surface area contributed by atoms with E-state index in [1.807, 2.05) is 91.5 Å². The molecule has 8 nitrogen and oxygen atoms in total. The van der Waals surface area contributed by atoms with Gasteiger partial charge >= 0.3 is 0 Å². The zero-order valence-corrected chi connectivity index (χ0v) is 27.5. The highest BCUT2D eigenvalue weighted by Crippen LogP contribution is 2.38. The third-order valence-electron chi connectivity index (χ3n) is 8.51. The van der Waals surface area contributed by atoms with Crippen LogP contribution < -0.4 is 9.47 Å². The predicted octanol–water partition coefficient (Wildman–Crippen LogP) is 9.91. The summed E-state index contributed by atoms with van der Waals surface area (Å²) < 4.78 is 14.9. The number of nitrogens with zero attached hydrogens (tertiary/aromatic N) is 6. The number of benzene rings is 4. The Morgan fingerprint density at radius 2 is 0.959 bits per heavy atom. The molecule has 0 saturated heterocycles. The van der Waals surface area contributed by atoms with E-state index in [4.69, 9.17) is 9.47 Å². The number of hydrogen-bond donors (Lipinski definition) is 0. The van der Waals surface area contributed by atoms with Crippen LogP contribution in [0.25, 0.3) is 50.3 Å². The average molecular weight is 641 g/mol. The van der Waals surface area contributed by atoms with Gasteiger partial charge < -0.3 is 9.47 Å². The van der Waals surface area contributed by atoms with Crippen molar-refractivity contribution in [3.8, 4) is 51.5 Å². The monoisotopic (exact) mass is 640 g/mol. The van der Waals surface area contributed by atoms with E-state index >= 15 is 0 Å². The summed E-state index contributed by atoms with van der Waals surface area (Å²) in [4.78, 5) is 22.4. The van der Waals surface area contributed by atoms with Crippen molar-refractivity contribution in [1.29, 1.82) is 0 Å². The first-order valence-electron chi connectivity index (χ1n) is 16.0. The molecule has 0 aliphatic rings. The van der Waals surface area contributed by atoms with Crippen molar-refractivity contribution < 1.29 is 9.47 Å². The van der Waals surface area contributed by atoms with Crippen molar-refractivity contribution in [2.75, 3.05) is 0 Å². The fourth-order valence-electron chi connectivity index (χ4n) is 6.39. The second-order valence-electron chi connectivity index (χ2n) is 12.2. The van der Waals surface area contributed by atoms with Gasteiger partial charge in [0.1, 0.15) is 35.7 Å². The summed E-state index contributed by atoms with van der Waals surface area (Å²) in [5, 5.41) is 2.07. The SMILES string of the molecule is Cc1cnc(-c2cccc(Oc3ccc4c5ccc(Oc6cccc(-c7ncc(C)cc7C)c6)cc5n(-c5ncncn5)c4c3)c2)c(C)c1. The van der Waals surface area contributed by atoms with E-state index in [0.29, 0.717) is 17.4 Å². The van der Waals surface area contributed by atoms with Gasteiger partial charge in [-0.25, -0.2) is 15.0 Å². The molecule has 0 amide bonds. The number of rotatable bonds is 7. The molecule has 8 aromatic rings. The minimum absolute atomic E-state index is 0.495. The molecule has 4 aromatic heterocycles. The molecule has 0 N–H and O–H groups in total. The van der Waals surface area contributed by atoms with Crippen LogP contribution in [0, 0.1) is 27.7 Å². The van der Waals surface area contributed by atoms with Crippen molar-refractivity contribution >= 4 is 21.8 Å². The van der Waals surface area contributed by atoms with E-state index in [0.717, 1.165) is 78.1 Å². The Morgan fingerprint density at radius 1 is 0.490 bits per heavy atom. The van der Waals surface area contributed by atoms with Gasteiger partial charge in [-0.15, -0.1) is 0 Å². The molecule has 49 heavy (non-hydrogen) atoms. The summed E-state index contributed by atoms with van der Waals surface area (Å²) in [7, 11) is 0. The largest absolute Gasteiger partial charge is 0.457 e. The minimum atomic E-state index is 0.495. The molecular weight excluding hydrogens is 608 g/mol. The Kier molecular flexibility index (Phi) is 7.53. The smallest absolute Gasteiger partial charge is 0.237 e. The maximum absolute atomic E-state index is 6.44. The second-order valence-corrected chi connectivity index (χ2v) is 12.2. The van der Waals surface area contributed by atoms with E-state index in [2.05, 4.69) is 75.2 Å². The highest BCUT2D eigenvalue weighted by Gasteiger charge is 2.17. The zero-order valence-electron chi connectivity index (χ0n) is 27.5. The first kappa shape index (κ1) is 30.0. The molecule has 8 heteroatoms. The molecule has 4 aromatic carbocycles. The molecule has 0 unspecified atom stereocenters. The quantitative estimate of drug-likeness (QED) is 0.171. The van der Waals surface area contributed by atoms with Crippen molar-refractivity contribution in [2.45, 2.75) is 27.7 Å². The topological polar surface area (TPSA) is 87.8 Å². The third-order valence-corrected chi connectivity index (χ3v) is 8.51. The highest BCUT2D eigenvalue weighted by molar-refractivity contribution is 6.09. The van der Waals surface area contributed by atoms with E-state index in [-0.39, 0.29) is 0 Å². The Labute approximate surface area is 283 Å². The molecule has 0 spiro atoms. The van der Waals surface area contributed by atoms with Gasteiger partial charge in [0.25, 0.3) is 0 Å². The molecule has 4 heterocycles. The number of pyridine rings is 2. The molecule has 0 aliphatic heterocycles. The predicted molar refractivity (Wildman–Crippen MR) is 193 cm³/mol. The summed E-state index contributed by atoms with van der Waals surface area (Å²) >= 11 is 0. The summed E-state index contributed by atoms with van der Waals surface area (Å²) in [6.07, 6.45) is 6.78. The number of aromatic nitrogens is 6. The van der Waals surface area contributed by atoms with Gasteiger partial charge in [0.15, 0.2) is 0 Å².